The zero-order valence-electron chi connectivity index (χ0n) is 19.0. The van der Waals surface area contributed by atoms with Crippen LogP contribution in [0, 0.1) is 6.92 Å². The molecule has 0 bridgehead atoms. The summed E-state index contributed by atoms with van der Waals surface area (Å²) in [4.78, 5) is 25.9. The molecule has 1 heterocycles. The van der Waals surface area contributed by atoms with Gasteiger partial charge in [-0.15, -0.1) is 11.3 Å². The first-order valence-corrected chi connectivity index (χ1v) is 11.8. The van der Waals surface area contributed by atoms with Gasteiger partial charge in [-0.1, -0.05) is 72.3 Å². The van der Waals surface area contributed by atoms with E-state index in [2.05, 4.69) is 36.5 Å². The summed E-state index contributed by atoms with van der Waals surface area (Å²) in [5, 5.41) is 3.25. The van der Waals surface area contributed by atoms with E-state index >= 15 is 0 Å². The third kappa shape index (κ3) is 5.71. The Hall–Kier alpha value is -3.90. The molecule has 0 aliphatic rings. The van der Waals surface area contributed by atoms with Gasteiger partial charge in [-0.05, 0) is 48.7 Å². The number of amides is 1. The van der Waals surface area contributed by atoms with Gasteiger partial charge < -0.3 is 14.8 Å². The summed E-state index contributed by atoms with van der Waals surface area (Å²) in [6, 6.07) is 27.3. The van der Waals surface area contributed by atoms with Gasteiger partial charge in [0.05, 0.1) is 12.2 Å². The van der Waals surface area contributed by atoms with Crippen molar-refractivity contribution in [2.75, 3.05) is 18.5 Å². The Morgan fingerprint density at radius 3 is 2.15 bits per heavy atom. The van der Waals surface area contributed by atoms with Crippen LogP contribution in [0.25, 0.3) is 21.6 Å². The molecule has 0 aliphatic carbocycles. The number of aryl methyl sites for hydroxylation is 1. The maximum Gasteiger partial charge on any atom is 0.341 e. The Kier molecular flexibility index (Phi) is 7.40. The van der Waals surface area contributed by atoms with E-state index in [1.165, 1.54) is 16.9 Å². The van der Waals surface area contributed by atoms with Crippen molar-refractivity contribution < 1.29 is 19.1 Å². The zero-order valence-corrected chi connectivity index (χ0v) is 19.9. The molecule has 0 unspecified atom stereocenters. The highest BCUT2D eigenvalue weighted by Gasteiger charge is 2.20. The number of benzene rings is 3. The molecule has 0 atom stereocenters. The van der Waals surface area contributed by atoms with Gasteiger partial charge in [-0.25, -0.2) is 4.79 Å². The molecule has 0 saturated heterocycles. The van der Waals surface area contributed by atoms with Crippen molar-refractivity contribution in [3.63, 3.8) is 0 Å². The number of carbonyl (C=O) groups is 2. The summed E-state index contributed by atoms with van der Waals surface area (Å²) in [6.45, 7) is 3.88. The van der Waals surface area contributed by atoms with Crippen LogP contribution in [0.2, 0.25) is 0 Å². The van der Waals surface area contributed by atoms with E-state index in [-0.39, 0.29) is 19.1 Å². The number of hydrogen-bond acceptors (Lipinski definition) is 5. The smallest absolute Gasteiger partial charge is 0.341 e. The molecule has 34 heavy (non-hydrogen) atoms. The summed E-state index contributed by atoms with van der Waals surface area (Å²) < 4.78 is 10.8. The van der Waals surface area contributed by atoms with Gasteiger partial charge in [0.25, 0.3) is 5.91 Å². The summed E-state index contributed by atoms with van der Waals surface area (Å²) in [7, 11) is 0. The summed E-state index contributed by atoms with van der Waals surface area (Å²) in [5.74, 6) is -0.230. The molecule has 1 aromatic heterocycles. The van der Waals surface area contributed by atoms with Crippen LogP contribution in [0.5, 0.6) is 5.75 Å². The van der Waals surface area contributed by atoms with Crippen molar-refractivity contribution in [1.82, 2.24) is 0 Å². The number of nitrogens with one attached hydrogen (secondary N) is 1. The molecule has 0 radical (unpaired) electrons. The van der Waals surface area contributed by atoms with Crippen molar-refractivity contribution in [2.45, 2.75) is 13.8 Å². The molecular weight excluding hydrogens is 446 g/mol. The highest BCUT2D eigenvalue weighted by Crippen LogP contribution is 2.36. The van der Waals surface area contributed by atoms with Gasteiger partial charge in [0.2, 0.25) is 0 Å². The second kappa shape index (κ2) is 10.8. The SMILES string of the molecule is CCOC(=O)c1cc(-c2ccccc2)sc1NC(=O)COc1ccc(-c2ccc(C)cc2)cc1. The van der Waals surface area contributed by atoms with Crippen LogP contribution in [-0.4, -0.2) is 25.1 Å². The Labute approximate surface area is 203 Å². The number of hydrogen-bond donors (Lipinski definition) is 1. The van der Waals surface area contributed by atoms with E-state index in [0.29, 0.717) is 16.3 Å². The minimum atomic E-state index is -0.469. The number of thiophene rings is 1. The van der Waals surface area contributed by atoms with Gasteiger partial charge in [-0.3, -0.25) is 4.79 Å². The molecule has 6 heteroatoms. The Balaban J connectivity index is 1.42. The predicted octanol–water partition coefficient (Wildman–Crippen LogP) is 6.58. The van der Waals surface area contributed by atoms with Crippen molar-refractivity contribution in [2.24, 2.45) is 0 Å². The molecule has 4 rings (SSSR count). The van der Waals surface area contributed by atoms with Crippen LogP contribution in [-0.2, 0) is 9.53 Å². The third-order valence-electron chi connectivity index (χ3n) is 5.15. The summed E-state index contributed by atoms with van der Waals surface area (Å²) in [5.41, 5.74) is 4.70. The third-order valence-corrected chi connectivity index (χ3v) is 6.25. The van der Waals surface area contributed by atoms with E-state index in [9.17, 15) is 9.59 Å². The zero-order chi connectivity index (χ0) is 23.9. The van der Waals surface area contributed by atoms with E-state index in [4.69, 9.17) is 9.47 Å². The lowest BCUT2D eigenvalue weighted by molar-refractivity contribution is -0.118. The van der Waals surface area contributed by atoms with Crippen LogP contribution in [0.3, 0.4) is 0 Å². The monoisotopic (exact) mass is 471 g/mol. The Morgan fingerprint density at radius 2 is 1.50 bits per heavy atom. The molecule has 4 aromatic rings. The standard InChI is InChI=1S/C28H25NO4S/c1-3-32-28(31)24-17-25(22-7-5-4-6-8-22)34-27(24)29-26(30)18-33-23-15-13-21(14-16-23)20-11-9-19(2)10-12-20/h4-17H,3,18H2,1-2H3,(H,29,30). The Bertz CT molecular complexity index is 1260. The van der Waals surface area contributed by atoms with Crippen LogP contribution in [0.15, 0.2) is 84.9 Å². The van der Waals surface area contributed by atoms with E-state index in [0.717, 1.165) is 21.6 Å². The second-order valence-corrected chi connectivity index (χ2v) is 8.72. The van der Waals surface area contributed by atoms with Gasteiger partial charge in [0.1, 0.15) is 10.8 Å². The van der Waals surface area contributed by atoms with Crippen LogP contribution in [0.4, 0.5) is 5.00 Å². The summed E-state index contributed by atoms with van der Waals surface area (Å²) in [6.07, 6.45) is 0. The Morgan fingerprint density at radius 1 is 0.853 bits per heavy atom. The van der Waals surface area contributed by atoms with Crippen molar-refractivity contribution in [3.8, 4) is 27.3 Å². The average molecular weight is 472 g/mol. The largest absolute Gasteiger partial charge is 0.484 e. The van der Waals surface area contributed by atoms with Crippen LogP contribution in [0.1, 0.15) is 22.8 Å². The van der Waals surface area contributed by atoms with E-state index in [1.54, 1.807) is 13.0 Å². The lowest BCUT2D eigenvalue weighted by Gasteiger charge is -2.09. The normalized spacial score (nSPS) is 10.5. The minimum Gasteiger partial charge on any atom is -0.484 e. The fourth-order valence-electron chi connectivity index (χ4n) is 3.39. The van der Waals surface area contributed by atoms with Gasteiger partial charge in [0, 0.05) is 4.88 Å². The topological polar surface area (TPSA) is 64.6 Å². The molecule has 0 fully saturated rings. The molecule has 0 spiro atoms. The number of carbonyl (C=O) groups excluding carboxylic acids is 2. The summed E-state index contributed by atoms with van der Waals surface area (Å²) >= 11 is 1.33. The van der Waals surface area contributed by atoms with Gasteiger partial charge in [-0.2, -0.15) is 0 Å². The van der Waals surface area contributed by atoms with Crippen LogP contribution >= 0.6 is 11.3 Å². The molecule has 3 aromatic carbocycles. The highest BCUT2D eigenvalue weighted by molar-refractivity contribution is 7.20. The fourth-order valence-corrected chi connectivity index (χ4v) is 4.46. The molecule has 1 N–H and O–H groups in total. The molecule has 1 amide bonds. The highest BCUT2D eigenvalue weighted by atomic mass is 32.1. The maximum absolute atomic E-state index is 12.6. The van der Waals surface area contributed by atoms with Gasteiger partial charge in [0.15, 0.2) is 6.61 Å². The number of ether oxygens (including phenoxy) is 2. The molecular formula is C28H25NO4S. The molecule has 172 valence electrons. The first-order chi connectivity index (χ1) is 16.5. The van der Waals surface area contributed by atoms with Crippen LogP contribution < -0.4 is 10.1 Å². The number of rotatable bonds is 8. The number of esters is 1. The maximum atomic E-state index is 12.6. The first kappa shape index (κ1) is 23.3. The second-order valence-electron chi connectivity index (χ2n) is 7.67. The fraction of sp³-hybridized carbons (Fsp3) is 0.143. The molecule has 0 aliphatic heterocycles. The first-order valence-electron chi connectivity index (χ1n) is 11.0. The lowest BCUT2D eigenvalue weighted by atomic mass is 10.0. The van der Waals surface area contributed by atoms with E-state index in [1.807, 2.05) is 54.6 Å². The van der Waals surface area contributed by atoms with Crippen molar-refractivity contribution in [3.05, 3.63) is 96.1 Å². The minimum absolute atomic E-state index is 0.176. The molecule has 0 saturated carbocycles. The van der Waals surface area contributed by atoms with E-state index < -0.39 is 5.97 Å². The van der Waals surface area contributed by atoms with Crippen molar-refractivity contribution >= 4 is 28.2 Å². The quantitative estimate of drug-likeness (QED) is 0.295. The van der Waals surface area contributed by atoms with Crippen molar-refractivity contribution in [1.29, 1.82) is 0 Å². The predicted molar refractivity (Wildman–Crippen MR) is 136 cm³/mol. The average Bonchev–Trinajstić information content (AvgIpc) is 3.28. The lowest BCUT2D eigenvalue weighted by Crippen LogP contribution is -2.21. The van der Waals surface area contributed by atoms with Gasteiger partial charge >= 0.3 is 5.97 Å². The molecule has 5 nitrogen and oxygen atoms in total. The number of anilines is 1.